The van der Waals surface area contributed by atoms with Crippen LogP contribution in [0.1, 0.15) is 29.1 Å². The smallest absolute Gasteiger partial charge is 0.253 e. The van der Waals surface area contributed by atoms with Gasteiger partial charge in [0.25, 0.3) is 5.91 Å². The monoisotopic (exact) mass is 372 g/mol. The quantitative estimate of drug-likeness (QED) is 0.691. The molecule has 0 N–H and O–H groups in total. The number of benzene rings is 2. The first kappa shape index (κ1) is 17.9. The third-order valence-corrected chi connectivity index (χ3v) is 5.00. The summed E-state index contributed by atoms with van der Waals surface area (Å²) in [7, 11) is 0. The lowest BCUT2D eigenvalue weighted by atomic mass is 9.96. The van der Waals surface area contributed by atoms with Gasteiger partial charge in [0.05, 0.1) is 12.0 Å². The van der Waals surface area contributed by atoms with E-state index in [-0.39, 0.29) is 11.8 Å². The molecule has 1 unspecified atom stereocenters. The van der Waals surface area contributed by atoms with Crippen LogP contribution >= 0.6 is 0 Å². The van der Waals surface area contributed by atoms with Gasteiger partial charge in [-0.25, -0.2) is 0 Å². The largest absolute Gasteiger partial charge is 0.421 e. The number of nitrogens with zero attached hydrogens (tertiary/aromatic N) is 4. The van der Waals surface area contributed by atoms with Gasteiger partial charge in [-0.05, 0) is 42.2 Å². The Morgan fingerprint density at radius 2 is 2.00 bits per heavy atom. The van der Waals surface area contributed by atoms with Crippen LogP contribution in [0.4, 0.5) is 0 Å². The Hall–Kier alpha value is -3.46. The van der Waals surface area contributed by atoms with Crippen molar-refractivity contribution in [2.24, 2.45) is 5.92 Å². The van der Waals surface area contributed by atoms with Gasteiger partial charge < -0.3 is 9.32 Å². The molecule has 4 rings (SSSR count). The van der Waals surface area contributed by atoms with Gasteiger partial charge >= 0.3 is 0 Å². The second-order valence-corrected chi connectivity index (χ2v) is 6.97. The Bertz CT molecular complexity index is 1050. The lowest BCUT2D eigenvalue weighted by Crippen LogP contribution is -2.39. The highest BCUT2D eigenvalue weighted by Gasteiger charge is 2.24. The highest BCUT2D eigenvalue weighted by Crippen LogP contribution is 2.32. The number of carbonyl (C=O) groups excluding carboxylic acids is 1. The van der Waals surface area contributed by atoms with E-state index < -0.39 is 0 Å². The highest BCUT2D eigenvalue weighted by atomic mass is 16.4. The number of nitriles is 1. The van der Waals surface area contributed by atoms with Gasteiger partial charge in [-0.15, -0.1) is 10.2 Å². The predicted octanol–water partition coefficient (Wildman–Crippen LogP) is 4.09. The van der Waals surface area contributed by atoms with E-state index >= 15 is 0 Å². The van der Waals surface area contributed by atoms with E-state index in [4.69, 9.17) is 4.42 Å². The average Bonchev–Trinajstić information content (AvgIpc) is 3.19. The predicted molar refractivity (Wildman–Crippen MR) is 104 cm³/mol. The van der Waals surface area contributed by atoms with Crippen LogP contribution in [0, 0.1) is 24.2 Å². The standard InChI is InChI=1S/C22H20N4O2/c1-15-24-25-21(28-15)20-10-3-2-9-19(20)17-7-4-8-18(12-17)22(27)26-11-5-6-16(13-23)14-26/h2-4,7-10,12,16H,5-6,11,14H2,1H3. The number of likely N-dealkylation sites (tertiary alicyclic amines) is 1. The summed E-state index contributed by atoms with van der Waals surface area (Å²) >= 11 is 0. The Kier molecular flexibility index (Phi) is 4.90. The molecule has 0 spiro atoms. The van der Waals surface area contributed by atoms with E-state index in [0.717, 1.165) is 29.5 Å². The van der Waals surface area contributed by atoms with Gasteiger partial charge in [0, 0.05) is 31.1 Å². The third kappa shape index (κ3) is 3.52. The molecule has 1 atom stereocenters. The van der Waals surface area contributed by atoms with Crippen LogP contribution in [0.5, 0.6) is 0 Å². The zero-order chi connectivity index (χ0) is 19.5. The fraction of sp³-hybridized carbons (Fsp3) is 0.273. The minimum atomic E-state index is -0.0811. The van der Waals surface area contributed by atoms with E-state index in [0.29, 0.717) is 30.4 Å². The zero-order valence-electron chi connectivity index (χ0n) is 15.6. The molecule has 28 heavy (non-hydrogen) atoms. The lowest BCUT2D eigenvalue weighted by Gasteiger charge is -2.29. The molecule has 1 aliphatic heterocycles. The Balaban J connectivity index is 1.67. The maximum atomic E-state index is 13.0. The Morgan fingerprint density at radius 1 is 1.18 bits per heavy atom. The zero-order valence-corrected chi connectivity index (χ0v) is 15.6. The lowest BCUT2D eigenvalue weighted by molar-refractivity contribution is 0.0699. The number of aromatic nitrogens is 2. The molecule has 1 aromatic heterocycles. The second-order valence-electron chi connectivity index (χ2n) is 6.97. The van der Waals surface area contributed by atoms with Crippen LogP contribution in [0.15, 0.2) is 52.9 Å². The molecule has 1 fully saturated rings. The summed E-state index contributed by atoms with van der Waals surface area (Å²) < 4.78 is 5.60. The minimum Gasteiger partial charge on any atom is -0.421 e. The number of carbonyl (C=O) groups is 1. The summed E-state index contributed by atoms with van der Waals surface area (Å²) in [5.74, 6) is 0.846. The summed E-state index contributed by atoms with van der Waals surface area (Å²) in [4.78, 5) is 14.8. The van der Waals surface area contributed by atoms with Crippen LogP contribution in [0.2, 0.25) is 0 Å². The summed E-state index contributed by atoms with van der Waals surface area (Å²) in [6.07, 6.45) is 1.72. The Labute approximate surface area is 163 Å². The molecule has 0 aliphatic carbocycles. The van der Waals surface area contributed by atoms with E-state index in [1.807, 2.05) is 48.5 Å². The van der Waals surface area contributed by atoms with Gasteiger partial charge in [0.15, 0.2) is 0 Å². The maximum absolute atomic E-state index is 13.0. The normalized spacial score (nSPS) is 16.6. The molecule has 0 saturated carbocycles. The van der Waals surface area contributed by atoms with Crippen molar-refractivity contribution in [2.75, 3.05) is 13.1 Å². The summed E-state index contributed by atoms with van der Waals surface area (Å²) in [5.41, 5.74) is 3.28. The van der Waals surface area contributed by atoms with E-state index in [1.165, 1.54) is 0 Å². The molecule has 3 aromatic rings. The first-order valence-corrected chi connectivity index (χ1v) is 9.34. The van der Waals surface area contributed by atoms with Crippen LogP contribution in [-0.2, 0) is 0 Å². The van der Waals surface area contributed by atoms with Gasteiger partial charge in [0.2, 0.25) is 11.8 Å². The number of amides is 1. The highest BCUT2D eigenvalue weighted by molar-refractivity contribution is 5.96. The van der Waals surface area contributed by atoms with E-state index in [2.05, 4.69) is 16.3 Å². The minimum absolute atomic E-state index is 0.0343. The van der Waals surface area contributed by atoms with Crippen molar-refractivity contribution in [3.05, 3.63) is 60.0 Å². The second kappa shape index (κ2) is 7.65. The summed E-state index contributed by atoms with van der Waals surface area (Å²) in [6, 6.07) is 17.6. The van der Waals surface area contributed by atoms with Crippen LogP contribution in [0.25, 0.3) is 22.6 Å². The van der Waals surface area contributed by atoms with Crippen molar-refractivity contribution in [3.63, 3.8) is 0 Å². The first-order chi connectivity index (χ1) is 13.7. The molecule has 2 aromatic carbocycles. The van der Waals surface area contributed by atoms with E-state index in [9.17, 15) is 10.1 Å². The van der Waals surface area contributed by atoms with Gasteiger partial charge in [-0.2, -0.15) is 5.26 Å². The average molecular weight is 372 g/mol. The van der Waals surface area contributed by atoms with E-state index in [1.54, 1.807) is 11.8 Å². The Morgan fingerprint density at radius 3 is 2.75 bits per heavy atom. The molecule has 6 heteroatoms. The third-order valence-electron chi connectivity index (χ3n) is 5.00. The summed E-state index contributed by atoms with van der Waals surface area (Å²) in [6.45, 7) is 2.95. The van der Waals surface area contributed by atoms with Crippen molar-refractivity contribution in [1.82, 2.24) is 15.1 Å². The molecule has 1 amide bonds. The van der Waals surface area contributed by atoms with Gasteiger partial charge in [-0.1, -0.05) is 30.3 Å². The molecule has 140 valence electrons. The SMILES string of the molecule is Cc1nnc(-c2ccccc2-c2cccc(C(=O)N3CCCC(C#N)C3)c2)o1. The van der Waals surface area contributed by atoms with Gasteiger partial charge in [0.1, 0.15) is 0 Å². The number of hydrogen-bond acceptors (Lipinski definition) is 5. The molecular weight excluding hydrogens is 352 g/mol. The van der Waals surface area contributed by atoms with Crippen molar-refractivity contribution in [1.29, 1.82) is 5.26 Å². The number of piperidine rings is 1. The number of hydrogen-bond donors (Lipinski definition) is 0. The molecule has 2 heterocycles. The van der Waals surface area contributed by atoms with Crippen LogP contribution in [-0.4, -0.2) is 34.1 Å². The molecule has 0 bridgehead atoms. The van der Waals surface area contributed by atoms with Crippen LogP contribution in [0.3, 0.4) is 0 Å². The molecular formula is C22H20N4O2. The topological polar surface area (TPSA) is 83.0 Å². The van der Waals surface area contributed by atoms with Crippen molar-refractivity contribution >= 4 is 5.91 Å². The van der Waals surface area contributed by atoms with Crippen molar-refractivity contribution in [2.45, 2.75) is 19.8 Å². The summed E-state index contributed by atoms with van der Waals surface area (Å²) in [5, 5.41) is 17.2. The van der Waals surface area contributed by atoms with Crippen molar-refractivity contribution in [3.8, 4) is 28.7 Å². The fourth-order valence-electron chi connectivity index (χ4n) is 3.60. The maximum Gasteiger partial charge on any atom is 0.253 e. The van der Waals surface area contributed by atoms with Gasteiger partial charge in [-0.3, -0.25) is 4.79 Å². The first-order valence-electron chi connectivity index (χ1n) is 9.34. The van der Waals surface area contributed by atoms with Crippen LogP contribution < -0.4 is 0 Å². The molecule has 0 radical (unpaired) electrons. The number of rotatable bonds is 3. The number of aryl methyl sites for hydroxylation is 1. The van der Waals surface area contributed by atoms with Crippen molar-refractivity contribution < 1.29 is 9.21 Å². The molecule has 1 aliphatic rings. The molecule has 1 saturated heterocycles. The molecule has 6 nitrogen and oxygen atoms in total. The fourth-order valence-corrected chi connectivity index (χ4v) is 3.60.